The predicted octanol–water partition coefficient (Wildman–Crippen LogP) is 2.61. The number of nitriles is 1. The molecular formula is C11H8ClNO. The van der Waals surface area contributed by atoms with Crippen LogP contribution in [-0.2, 0) is 0 Å². The van der Waals surface area contributed by atoms with E-state index in [4.69, 9.17) is 21.6 Å². The summed E-state index contributed by atoms with van der Waals surface area (Å²) in [7, 11) is 1.57. The van der Waals surface area contributed by atoms with Gasteiger partial charge in [-0.05, 0) is 18.2 Å². The van der Waals surface area contributed by atoms with Crippen molar-refractivity contribution in [3.8, 4) is 23.7 Å². The Kier molecular flexibility index (Phi) is 3.85. The second kappa shape index (κ2) is 5.17. The Hall–Kier alpha value is -1.64. The quantitative estimate of drug-likeness (QED) is 0.661. The van der Waals surface area contributed by atoms with Crippen LogP contribution in [0.15, 0.2) is 18.2 Å². The van der Waals surface area contributed by atoms with Crippen LogP contribution >= 0.6 is 11.6 Å². The molecule has 1 aromatic rings. The number of halogens is 1. The van der Waals surface area contributed by atoms with E-state index >= 15 is 0 Å². The van der Waals surface area contributed by atoms with Crippen molar-refractivity contribution in [2.75, 3.05) is 7.11 Å². The first-order valence-corrected chi connectivity index (χ1v) is 4.34. The summed E-state index contributed by atoms with van der Waals surface area (Å²) in [5.41, 5.74) is 0.754. The van der Waals surface area contributed by atoms with Crippen LogP contribution in [0.4, 0.5) is 0 Å². The maximum Gasteiger partial charge on any atom is 0.121 e. The van der Waals surface area contributed by atoms with Crippen molar-refractivity contribution in [1.29, 1.82) is 5.26 Å². The van der Waals surface area contributed by atoms with Crippen LogP contribution in [0, 0.1) is 23.2 Å². The smallest absolute Gasteiger partial charge is 0.121 e. The maximum atomic E-state index is 8.30. The normalized spacial score (nSPS) is 8.36. The van der Waals surface area contributed by atoms with Gasteiger partial charge in [0.2, 0.25) is 0 Å². The molecular weight excluding hydrogens is 198 g/mol. The molecule has 0 aromatic heterocycles. The minimum Gasteiger partial charge on any atom is -0.497 e. The zero-order chi connectivity index (χ0) is 10.4. The molecule has 0 bridgehead atoms. The van der Waals surface area contributed by atoms with Crippen LogP contribution in [0.5, 0.6) is 5.75 Å². The lowest BCUT2D eigenvalue weighted by Gasteiger charge is -2.00. The molecule has 0 spiro atoms. The second-order valence-electron chi connectivity index (χ2n) is 2.52. The van der Waals surface area contributed by atoms with Gasteiger partial charge >= 0.3 is 0 Å². The molecule has 3 heteroatoms. The first-order chi connectivity index (χ1) is 6.76. The molecule has 0 aliphatic carbocycles. The van der Waals surface area contributed by atoms with Crippen LogP contribution in [0.3, 0.4) is 0 Å². The molecule has 2 nitrogen and oxygen atoms in total. The van der Waals surface area contributed by atoms with Gasteiger partial charge in [-0.25, -0.2) is 0 Å². The number of ether oxygens (including phenoxy) is 1. The van der Waals surface area contributed by atoms with Crippen LogP contribution in [-0.4, -0.2) is 7.11 Å². The number of hydrogen-bond acceptors (Lipinski definition) is 2. The monoisotopic (exact) mass is 205 g/mol. The van der Waals surface area contributed by atoms with Gasteiger partial charge in [-0.1, -0.05) is 23.4 Å². The van der Waals surface area contributed by atoms with E-state index in [0.29, 0.717) is 10.8 Å². The third-order valence-corrected chi connectivity index (χ3v) is 1.73. The molecule has 70 valence electrons. The molecule has 0 aliphatic rings. The van der Waals surface area contributed by atoms with E-state index < -0.39 is 0 Å². The number of benzene rings is 1. The fourth-order valence-electron chi connectivity index (χ4n) is 0.939. The van der Waals surface area contributed by atoms with Gasteiger partial charge in [-0.3, -0.25) is 0 Å². The molecule has 0 heterocycles. The van der Waals surface area contributed by atoms with Gasteiger partial charge in [0.05, 0.1) is 19.6 Å². The lowest BCUT2D eigenvalue weighted by Crippen LogP contribution is -1.84. The van der Waals surface area contributed by atoms with Crippen molar-refractivity contribution in [3.05, 3.63) is 28.8 Å². The molecule has 0 unspecified atom stereocenters. The van der Waals surface area contributed by atoms with Crippen LogP contribution in [0.2, 0.25) is 5.02 Å². The Morgan fingerprint density at radius 2 is 2.21 bits per heavy atom. The highest BCUT2D eigenvalue weighted by Crippen LogP contribution is 2.19. The molecule has 0 fully saturated rings. The van der Waals surface area contributed by atoms with Crippen molar-refractivity contribution < 1.29 is 4.74 Å². The topological polar surface area (TPSA) is 33.0 Å². The van der Waals surface area contributed by atoms with Gasteiger partial charge in [0.1, 0.15) is 5.75 Å². The molecule has 14 heavy (non-hydrogen) atoms. The van der Waals surface area contributed by atoms with Gasteiger partial charge < -0.3 is 4.74 Å². The Bertz CT molecular complexity index is 423. The van der Waals surface area contributed by atoms with Gasteiger partial charge in [-0.15, -0.1) is 0 Å². The van der Waals surface area contributed by atoms with Crippen LogP contribution in [0.1, 0.15) is 12.0 Å². The first-order valence-electron chi connectivity index (χ1n) is 3.96. The summed E-state index contributed by atoms with van der Waals surface area (Å²) in [5, 5.41) is 8.87. The molecule has 1 rings (SSSR count). The van der Waals surface area contributed by atoms with E-state index in [1.165, 1.54) is 0 Å². The zero-order valence-corrected chi connectivity index (χ0v) is 8.43. The van der Waals surface area contributed by atoms with Crippen molar-refractivity contribution in [2.45, 2.75) is 6.42 Å². The molecule has 0 aliphatic heterocycles. The summed E-state index contributed by atoms with van der Waals surface area (Å²) < 4.78 is 5.02. The third kappa shape index (κ3) is 3.01. The third-order valence-electron chi connectivity index (χ3n) is 1.51. The van der Waals surface area contributed by atoms with E-state index in [9.17, 15) is 0 Å². The van der Waals surface area contributed by atoms with Crippen LogP contribution < -0.4 is 4.74 Å². The SMILES string of the molecule is COc1cc(Cl)cc(C#CCC#N)c1. The number of hydrogen-bond donors (Lipinski definition) is 0. The second-order valence-corrected chi connectivity index (χ2v) is 2.95. The summed E-state index contributed by atoms with van der Waals surface area (Å²) >= 11 is 5.83. The Morgan fingerprint density at radius 3 is 2.86 bits per heavy atom. The molecule has 0 saturated heterocycles. The highest BCUT2D eigenvalue weighted by molar-refractivity contribution is 6.30. The predicted molar refractivity (Wildman–Crippen MR) is 55.1 cm³/mol. The Balaban J connectivity index is 2.95. The lowest BCUT2D eigenvalue weighted by molar-refractivity contribution is 0.414. The minimum absolute atomic E-state index is 0.217. The van der Waals surface area contributed by atoms with E-state index in [1.807, 2.05) is 6.07 Å². The summed E-state index contributed by atoms with van der Waals surface area (Å²) in [6.45, 7) is 0. The van der Waals surface area contributed by atoms with Crippen molar-refractivity contribution in [1.82, 2.24) is 0 Å². The minimum atomic E-state index is 0.217. The fraction of sp³-hybridized carbons (Fsp3) is 0.182. The zero-order valence-electron chi connectivity index (χ0n) is 7.67. The van der Waals surface area contributed by atoms with Gasteiger partial charge in [-0.2, -0.15) is 5.26 Å². The Labute approximate surface area is 88.1 Å². The number of methoxy groups -OCH3 is 1. The molecule has 0 radical (unpaired) electrons. The first kappa shape index (κ1) is 10.4. The van der Waals surface area contributed by atoms with E-state index in [1.54, 1.807) is 25.3 Å². The van der Waals surface area contributed by atoms with Gasteiger partial charge in [0.25, 0.3) is 0 Å². The summed E-state index contributed by atoms with van der Waals surface area (Å²) in [5.74, 6) is 6.19. The molecule has 0 saturated carbocycles. The Morgan fingerprint density at radius 1 is 1.43 bits per heavy atom. The van der Waals surface area contributed by atoms with E-state index in [2.05, 4.69) is 11.8 Å². The molecule has 1 aromatic carbocycles. The standard InChI is InChI=1S/C11H8ClNO/c1-14-11-7-9(4-2-3-5-13)6-10(12)8-11/h6-8H,3H2,1H3. The van der Waals surface area contributed by atoms with Gasteiger partial charge in [0.15, 0.2) is 0 Å². The van der Waals surface area contributed by atoms with E-state index in [0.717, 1.165) is 5.56 Å². The fourth-order valence-corrected chi connectivity index (χ4v) is 1.16. The number of nitrogens with zero attached hydrogens (tertiary/aromatic N) is 1. The van der Waals surface area contributed by atoms with Crippen molar-refractivity contribution >= 4 is 11.6 Å². The highest BCUT2D eigenvalue weighted by atomic mass is 35.5. The maximum absolute atomic E-state index is 8.30. The largest absolute Gasteiger partial charge is 0.497 e. The lowest BCUT2D eigenvalue weighted by atomic mass is 10.2. The summed E-state index contributed by atoms with van der Waals surface area (Å²) in [6, 6.07) is 7.15. The number of rotatable bonds is 1. The molecule has 0 N–H and O–H groups in total. The average Bonchev–Trinajstić information content (AvgIpc) is 2.17. The average molecular weight is 206 g/mol. The molecule has 0 amide bonds. The van der Waals surface area contributed by atoms with E-state index in [-0.39, 0.29) is 6.42 Å². The van der Waals surface area contributed by atoms with Crippen LogP contribution in [0.25, 0.3) is 0 Å². The highest BCUT2D eigenvalue weighted by Gasteiger charge is 1.96. The van der Waals surface area contributed by atoms with Gasteiger partial charge in [0, 0.05) is 10.6 Å². The summed E-state index contributed by atoms with van der Waals surface area (Å²) in [4.78, 5) is 0. The summed E-state index contributed by atoms with van der Waals surface area (Å²) in [6.07, 6.45) is 0.217. The molecule has 0 atom stereocenters. The van der Waals surface area contributed by atoms with Crippen molar-refractivity contribution in [2.24, 2.45) is 0 Å². The van der Waals surface area contributed by atoms with Crippen molar-refractivity contribution in [3.63, 3.8) is 0 Å².